The molecule has 0 atom stereocenters. The van der Waals surface area contributed by atoms with Crippen LogP contribution in [0.5, 0.6) is 0 Å². The zero-order valence-electron chi connectivity index (χ0n) is 8.56. The lowest BCUT2D eigenvalue weighted by Gasteiger charge is -2.20. The second kappa shape index (κ2) is 4.63. The first-order chi connectivity index (χ1) is 8.11. The fourth-order valence-corrected chi connectivity index (χ4v) is 1.13. The van der Waals surface area contributed by atoms with Crippen molar-refractivity contribution in [1.82, 2.24) is 9.97 Å². The van der Waals surface area contributed by atoms with Gasteiger partial charge in [0.1, 0.15) is 11.3 Å². The van der Waals surface area contributed by atoms with E-state index in [0.29, 0.717) is 6.20 Å². The van der Waals surface area contributed by atoms with Gasteiger partial charge in [0, 0.05) is 6.20 Å². The van der Waals surface area contributed by atoms with Gasteiger partial charge in [-0.3, -0.25) is 0 Å². The van der Waals surface area contributed by atoms with Crippen molar-refractivity contribution in [2.24, 2.45) is 0 Å². The Balaban J connectivity index is 3.47. The third kappa shape index (κ3) is 2.50. The highest BCUT2D eigenvalue weighted by molar-refractivity contribution is 6.28. The van der Waals surface area contributed by atoms with Gasteiger partial charge in [0.25, 0.3) is 0 Å². The quantitative estimate of drug-likeness (QED) is 0.477. The molecule has 0 radical (unpaired) electrons. The summed E-state index contributed by atoms with van der Waals surface area (Å²) in [7, 11) is 0.812. The molecule has 18 heavy (non-hydrogen) atoms. The molecule has 0 bridgehead atoms. The minimum atomic E-state index is -5.92. The number of nitrogens with zero attached hydrogens (tertiary/aromatic N) is 2. The maximum Gasteiger partial charge on any atom is 0.459 e. The predicted molar refractivity (Wildman–Crippen MR) is 48.3 cm³/mol. The number of hydrogen-bond acceptors (Lipinski definition) is 4. The largest absolute Gasteiger partial charge is 0.465 e. The zero-order chi connectivity index (χ0) is 14.1. The highest BCUT2D eigenvalue weighted by atomic mass is 35.5. The third-order valence-electron chi connectivity index (χ3n) is 1.82. The van der Waals surface area contributed by atoms with Gasteiger partial charge in [-0.25, -0.2) is 14.8 Å². The summed E-state index contributed by atoms with van der Waals surface area (Å²) < 4.78 is 66.9. The van der Waals surface area contributed by atoms with Gasteiger partial charge < -0.3 is 4.74 Å². The van der Waals surface area contributed by atoms with Crippen LogP contribution in [-0.2, 0) is 10.7 Å². The summed E-state index contributed by atoms with van der Waals surface area (Å²) in [5.74, 6) is -6.77. The van der Waals surface area contributed by atoms with Gasteiger partial charge in [-0.05, 0) is 11.6 Å². The molecule has 0 aliphatic carbocycles. The van der Waals surface area contributed by atoms with Crippen LogP contribution in [0.3, 0.4) is 0 Å². The average Bonchev–Trinajstić information content (AvgIpc) is 2.26. The van der Waals surface area contributed by atoms with E-state index in [1.54, 1.807) is 0 Å². The minimum absolute atomic E-state index is 0.441. The maximum atomic E-state index is 13.1. The van der Waals surface area contributed by atoms with Crippen molar-refractivity contribution in [2.75, 3.05) is 7.11 Å². The summed E-state index contributed by atoms with van der Waals surface area (Å²) in [6.45, 7) is 0. The van der Waals surface area contributed by atoms with Crippen LogP contribution in [0.4, 0.5) is 22.0 Å². The Labute approximate surface area is 102 Å². The third-order valence-corrected chi connectivity index (χ3v) is 2.00. The predicted octanol–water partition coefficient (Wildman–Crippen LogP) is 2.57. The lowest BCUT2D eigenvalue weighted by molar-refractivity contribution is -0.291. The second-order valence-corrected chi connectivity index (χ2v) is 3.30. The number of ether oxygens (including phenoxy) is 1. The molecule has 0 aliphatic heterocycles. The van der Waals surface area contributed by atoms with Gasteiger partial charge >= 0.3 is 18.1 Å². The van der Waals surface area contributed by atoms with Gasteiger partial charge in [-0.1, -0.05) is 0 Å². The smallest absolute Gasteiger partial charge is 0.459 e. The number of halogens is 6. The molecule has 0 saturated carbocycles. The van der Waals surface area contributed by atoms with Crippen molar-refractivity contribution < 1.29 is 31.5 Å². The lowest BCUT2D eigenvalue weighted by Crippen LogP contribution is -2.36. The molecule has 1 aromatic heterocycles. The normalized spacial score (nSPS) is 12.4. The summed E-state index contributed by atoms with van der Waals surface area (Å²) >= 11 is 5.15. The monoisotopic (exact) mass is 290 g/mol. The fraction of sp³-hybridized carbons (Fsp3) is 0.375. The van der Waals surface area contributed by atoms with Crippen LogP contribution in [0, 0.1) is 0 Å². The van der Waals surface area contributed by atoms with Gasteiger partial charge in [0.15, 0.2) is 0 Å². The van der Waals surface area contributed by atoms with E-state index in [9.17, 15) is 26.7 Å². The molecule has 10 heteroatoms. The molecule has 0 aromatic carbocycles. The summed E-state index contributed by atoms with van der Waals surface area (Å²) in [4.78, 5) is 17.0. The molecule has 0 aliphatic rings. The molecule has 0 fully saturated rings. The first kappa shape index (κ1) is 14.6. The summed E-state index contributed by atoms with van der Waals surface area (Å²) in [6, 6.07) is 0. The summed E-state index contributed by atoms with van der Waals surface area (Å²) in [5, 5.41) is -0.846. The minimum Gasteiger partial charge on any atom is -0.465 e. The molecule has 4 nitrogen and oxygen atoms in total. The van der Waals surface area contributed by atoms with Crippen LogP contribution in [0.2, 0.25) is 5.28 Å². The topological polar surface area (TPSA) is 52.1 Å². The Bertz CT molecular complexity index is 477. The molecule has 0 unspecified atom stereocenters. The van der Waals surface area contributed by atoms with E-state index in [1.807, 2.05) is 0 Å². The Kier molecular flexibility index (Phi) is 3.75. The first-order valence-corrected chi connectivity index (χ1v) is 4.55. The molecule has 1 rings (SSSR count). The van der Waals surface area contributed by atoms with Crippen LogP contribution in [-0.4, -0.2) is 29.2 Å². The van der Waals surface area contributed by atoms with Gasteiger partial charge in [0.05, 0.1) is 7.11 Å². The van der Waals surface area contributed by atoms with Crippen LogP contribution in [0.25, 0.3) is 0 Å². The lowest BCUT2D eigenvalue weighted by atomic mass is 10.1. The zero-order valence-corrected chi connectivity index (χ0v) is 9.31. The van der Waals surface area contributed by atoms with Crippen molar-refractivity contribution in [2.45, 2.75) is 12.1 Å². The number of hydrogen-bond donors (Lipinski definition) is 0. The van der Waals surface area contributed by atoms with E-state index in [2.05, 4.69) is 14.7 Å². The highest BCUT2D eigenvalue weighted by Crippen LogP contribution is 2.44. The molecule has 0 spiro atoms. The van der Waals surface area contributed by atoms with Gasteiger partial charge in [0.2, 0.25) is 5.28 Å². The molecule has 0 saturated heterocycles. The number of esters is 1. The van der Waals surface area contributed by atoms with Crippen molar-refractivity contribution in [1.29, 1.82) is 0 Å². The maximum absolute atomic E-state index is 13.1. The van der Waals surface area contributed by atoms with Crippen molar-refractivity contribution in [3.8, 4) is 0 Å². The SMILES string of the molecule is COC(=O)c1cnc(Cl)nc1C(F)(F)C(F)(F)F. The standard InChI is InChI=1S/C8H4ClF5N2O2/c1-18-5(17)3-2-15-6(9)16-4(3)7(10,11)8(12,13)14/h2H,1H3. The summed E-state index contributed by atoms with van der Waals surface area (Å²) in [5.41, 5.74) is -2.95. The molecule has 100 valence electrons. The number of methoxy groups -OCH3 is 1. The van der Waals surface area contributed by atoms with E-state index in [1.165, 1.54) is 0 Å². The summed E-state index contributed by atoms with van der Waals surface area (Å²) in [6.07, 6.45) is -5.48. The molecular weight excluding hydrogens is 287 g/mol. The molecule has 1 aromatic rings. The van der Waals surface area contributed by atoms with Gasteiger partial charge in [-0.2, -0.15) is 22.0 Å². The van der Waals surface area contributed by atoms with E-state index < -0.39 is 34.6 Å². The van der Waals surface area contributed by atoms with Crippen LogP contribution >= 0.6 is 11.6 Å². The molecule has 0 amide bonds. The van der Waals surface area contributed by atoms with Gasteiger partial charge in [-0.15, -0.1) is 0 Å². The Morgan fingerprint density at radius 3 is 2.33 bits per heavy atom. The number of aromatic nitrogens is 2. The molecule has 1 heterocycles. The average molecular weight is 291 g/mol. The Morgan fingerprint density at radius 2 is 1.89 bits per heavy atom. The number of rotatable bonds is 2. The van der Waals surface area contributed by atoms with Crippen LogP contribution in [0.1, 0.15) is 16.1 Å². The fourth-order valence-electron chi connectivity index (χ4n) is 0.993. The van der Waals surface area contributed by atoms with E-state index >= 15 is 0 Å². The van der Waals surface area contributed by atoms with E-state index in [-0.39, 0.29) is 0 Å². The molecule has 0 N–H and O–H groups in total. The van der Waals surface area contributed by atoms with Crippen molar-refractivity contribution in [3.63, 3.8) is 0 Å². The highest BCUT2D eigenvalue weighted by Gasteiger charge is 2.61. The Hall–Kier alpha value is -1.51. The number of carbonyl (C=O) groups is 1. The molecular formula is C8H4ClF5N2O2. The first-order valence-electron chi connectivity index (χ1n) is 4.17. The van der Waals surface area contributed by atoms with Crippen LogP contribution < -0.4 is 0 Å². The van der Waals surface area contributed by atoms with Crippen molar-refractivity contribution in [3.05, 3.63) is 22.7 Å². The second-order valence-electron chi connectivity index (χ2n) is 2.97. The van der Waals surface area contributed by atoms with E-state index in [0.717, 1.165) is 7.11 Å². The number of alkyl halides is 5. The van der Waals surface area contributed by atoms with Crippen LogP contribution in [0.15, 0.2) is 6.20 Å². The van der Waals surface area contributed by atoms with E-state index in [4.69, 9.17) is 11.6 Å². The van der Waals surface area contributed by atoms with Crippen molar-refractivity contribution >= 4 is 17.6 Å². The number of carbonyl (C=O) groups excluding carboxylic acids is 1. The Morgan fingerprint density at radius 1 is 1.33 bits per heavy atom.